The van der Waals surface area contributed by atoms with Crippen LogP contribution >= 0.6 is 0 Å². The normalized spacial score (nSPS) is 21.6. The molecule has 0 aromatic heterocycles. The molecule has 0 radical (unpaired) electrons. The number of carbonyl (C=O) groups excluding carboxylic acids is 1. The van der Waals surface area contributed by atoms with Gasteiger partial charge in [0.2, 0.25) is 0 Å². The van der Waals surface area contributed by atoms with Gasteiger partial charge in [0, 0.05) is 31.8 Å². The number of nitrogens with zero attached hydrogens (tertiary/aromatic N) is 3. The van der Waals surface area contributed by atoms with Crippen LogP contribution in [0.15, 0.2) is 18.2 Å². The number of nitriles is 1. The molecular weight excluding hydrogens is 306 g/mol. The lowest BCUT2D eigenvalue weighted by Crippen LogP contribution is -2.36. The Morgan fingerprint density at radius 3 is 2.79 bits per heavy atom. The van der Waals surface area contributed by atoms with E-state index in [-0.39, 0.29) is 18.6 Å². The average Bonchev–Trinajstić information content (AvgIpc) is 2.87. The van der Waals surface area contributed by atoms with E-state index < -0.39 is 6.04 Å². The zero-order valence-corrected chi connectivity index (χ0v) is 13.9. The third-order valence-electron chi connectivity index (χ3n) is 4.78. The number of likely N-dealkylation sites (tertiary alicyclic amines) is 1. The van der Waals surface area contributed by atoms with Crippen molar-refractivity contribution in [3.8, 4) is 11.8 Å². The van der Waals surface area contributed by atoms with Crippen LogP contribution < -0.4 is 4.74 Å². The van der Waals surface area contributed by atoms with Gasteiger partial charge in [-0.15, -0.1) is 0 Å². The zero-order chi connectivity index (χ0) is 17.1. The number of piperidine rings is 1. The number of carbonyl (C=O) groups is 1. The predicted molar refractivity (Wildman–Crippen MR) is 88.7 cm³/mol. The third-order valence-corrected chi connectivity index (χ3v) is 4.78. The Labute approximate surface area is 142 Å². The number of hydrogen-bond acceptors (Lipinski definition) is 5. The second kappa shape index (κ2) is 7.20. The standard InChI is InChI=1S/C18H23N3O3/c1-20-9-6-13(7-10-20)24-16-5-2-4-14-15(12-19)21(8-3-11-22)18(23)17(14)16/h2,4-5,13,15,22H,3,6-11H2,1H3. The van der Waals surface area contributed by atoms with Crippen LogP contribution in [0.3, 0.4) is 0 Å². The summed E-state index contributed by atoms with van der Waals surface area (Å²) in [6.07, 6.45) is 2.44. The number of aliphatic hydroxyl groups excluding tert-OH is 1. The fourth-order valence-corrected chi connectivity index (χ4v) is 3.43. The Balaban J connectivity index is 1.84. The van der Waals surface area contributed by atoms with Gasteiger partial charge in [-0.25, -0.2) is 0 Å². The number of ether oxygens (including phenoxy) is 1. The molecule has 128 valence electrons. The second-order valence-corrected chi connectivity index (χ2v) is 6.45. The zero-order valence-electron chi connectivity index (χ0n) is 13.9. The summed E-state index contributed by atoms with van der Waals surface area (Å²) in [6, 6.07) is 7.09. The largest absolute Gasteiger partial charge is 0.489 e. The molecular formula is C18H23N3O3. The van der Waals surface area contributed by atoms with Crippen molar-refractivity contribution in [2.24, 2.45) is 0 Å². The number of benzene rings is 1. The molecule has 24 heavy (non-hydrogen) atoms. The summed E-state index contributed by atoms with van der Waals surface area (Å²) in [5, 5.41) is 18.5. The van der Waals surface area contributed by atoms with E-state index in [4.69, 9.17) is 9.84 Å². The van der Waals surface area contributed by atoms with Crippen molar-refractivity contribution >= 4 is 5.91 Å². The van der Waals surface area contributed by atoms with Crippen LogP contribution in [0, 0.1) is 11.3 Å². The van der Waals surface area contributed by atoms with Gasteiger partial charge in [0.25, 0.3) is 5.91 Å². The van der Waals surface area contributed by atoms with E-state index in [1.807, 2.05) is 18.2 Å². The summed E-state index contributed by atoms with van der Waals surface area (Å²) in [6.45, 7) is 2.33. The van der Waals surface area contributed by atoms with Gasteiger partial charge in [0.05, 0.1) is 11.6 Å². The molecule has 1 aromatic carbocycles. The van der Waals surface area contributed by atoms with Crippen LogP contribution in [0.1, 0.15) is 41.2 Å². The van der Waals surface area contributed by atoms with Crippen LogP contribution in [-0.4, -0.2) is 60.2 Å². The Morgan fingerprint density at radius 2 is 2.12 bits per heavy atom. The van der Waals surface area contributed by atoms with Crippen molar-refractivity contribution in [2.75, 3.05) is 33.3 Å². The second-order valence-electron chi connectivity index (χ2n) is 6.45. The van der Waals surface area contributed by atoms with Gasteiger partial charge in [-0.1, -0.05) is 12.1 Å². The fraction of sp³-hybridized carbons (Fsp3) is 0.556. The maximum absolute atomic E-state index is 12.8. The minimum Gasteiger partial charge on any atom is -0.489 e. The van der Waals surface area contributed by atoms with Gasteiger partial charge in [-0.3, -0.25) is 4.79 Å². The molecule has 6 nitrogen and oxygen atoms in total. The quantitative estimate of drug-likeness (QED) is 0.887. The molecule has 1 amide bonds. The van der Waals surface area contributed by atoms with E-state index in [9.17, 15) is 10.1 Å². The van der Waals surface area contributed by atoms with Gasteiger partial charge >= 0.3 is 0 Å². The molecule has 0 saturated carbocycles. The van der Waals surface area contributed by atoms with Crippen LogP contribution in [0.2, 0.25) is 0 Å². The Bertz CT molecular complexity index is 647. The van der Waals surface area contributed by atoms with Crippen molar-refractivity contribution in [2.45, 2.75) is 31.4 Å². The first-order valence-electron chi connectivity index (χ1n) is 8.45. The van der Waals surface area contributed by atoms with Crippen LogP contribution in [0.25, 0.3) is 0 Å². The molecule has 3 rings (SSSR count). The molecule has 2 aliphatic heterocycles. The van der Waals surface area contributed by atoms with Crippen molar-refractivity contribution in [3.05, 3.63) is 29.3 Å². The Morgan fingerprint density at radius 1 is 1.38 bits per heavy atom. The highest BCUT2D eigenvalue weighted by Crippen LogP contribution is 2.39. The highest BCUT2D eigenvalue weighted by molar-refractivity contribution is 6.02. The molecule has 1 atom stereocenters. The van der Waals surface area contributed by atoms with E-state index in [0.29, 0.717) is 29.8 Å². The highest BCUT2D eigenvalue weighted by Gasteiger charge is 2.39. The summed E-state index contributed by atoms with van der Waals surface area (Å²) in [5.41, 5.74) is 1.23. The Hall–Kier alpha value is -2.10. The highest BCUT2D eigenvalue weighted by atomic mass is 16.5. The van der Waals surface area contributed by atoms with Gasteiger partial charge in [0.1, 0.15) is 17.9 Å². The topological polar surface area (TPSA) is 76.8 Å². The molecule has 6 heteroatoms. The summed E-state index contributed by atoms with van der Waals surface area (Å²) in [7, 11) is 2.09. The number of amides is 1. The minimum absolute atomic E-state index is 0.00276. The van der Waals surface area contributed by atoms with E-state index in [1.54, 1.807) is 0 Å². The molecule has 1 aromatic rings. The van der Waals surface area contributed by atoms with Crippen LogP contribution in [0.5, 0.6) is 5.75 Å². The summed E-state index contributed by atoms with van der Waals surface area (Å²) in [4.78, 5) is 16.6. The monoisotopic (exact) mass is 329 g/mol. The van der Waals surface area contributed by atoms with Crippen LogP contribution in [-0.2, 0) is 0 Å². The SMILES string of the molecule is CN1CCC(Oc2cccc3c2C(=O)N(CCCO)C3C#N)CC1. The van der Waals surface area contributed by atoms with Crippen molar-refractivity contribution in [1.29, 1.82) is 5.26 Å². The third kappa shape index (κ3) is 3.10. The summed E-state index contributed by atoms with van der Waals surface area (Å²) in [5.74, 6) is 0.410. The lowest BCUT2D eigenvalue weighted by molar-refractivity contribution is 0.0735. The first-order valence-corrected chi connectivity index (χ1v) is 8.45. The summed E-state index contributed by atoms with van der Waals surface area (Å²) < 4.78 is 6.13. The smallest absolute Gasteiger partial charge is 0.259 e. The fourth-order valence-electron chi connectivity index (χ4n) is 3.43. The van der Waals surface area contributed by atoms with Crippen molar-refractivity contribution in [3.63, 3.8) is 0 Å². The molecule has 1 unspecified atom stereocenters. The summed E-state index contributed by atoms with van der Waals surface area (Å²) >= 11 is 0. The van der Waals surface area contributed by atoms with Crippen molar-refractivity contribution in [1.82, 2.24) is 9.80 Å². The van der Waals surface area contributed by atoms with Gasteiger partial charge in [-0.2, -0.15) is 5.26 Å². The van der Waals surface area contributed by atoms with Crippen LogP contribution in [0.4, 0.5) is 0 Å². The first kappa shape index (κ1) is 16.7. The average molecular weight is 329 g/mol. The number of hydrogen-bond donors (Lipinski definition) is 1. The van der Waals surface area contributed by atoms with Gasteiger partial charge in [0.15, 0.2) is 0 Å². The molecule has 0 aliphatic carbocycles. The van der Waals surface area contributed by atoms with Gasteiger partial charge < -0.3 is 19.6 Å². The number of aliphatic hydroxyl groups is 1. The first-order chi connectivity index (χ1) is 11.7. The molecule has 0 bridgehead atoms. The lowest BCUT2D eigenvalue weighted by atomic mass is 10.0. The van der Waals surface area contributed by atoms with E-state index in [2.05, 4.69) is 18.0 Å². The van der Waals surface area contributed by atoms with E-state index in [1.165, 1.54) is 4.90 Å². The minimum atomic E-state index is -0.597. The number of fused-ring (bicyclic) bond motifs is 1. The van der Waals surface area contributed by atoms with E-state index >= 15 is 0 Å². The maximum Gasteiger partial charge on any atom is 0.259 e. The lowest BCUT2D eigenvalue weighted by Gasteiger charge is -2.29. The molecule has 1 fully saturated rings. The molecule has 2 heterocycles. The molecule has 1 N–H and O–H groups in total. The number of rotatable bonds is 5. The Kier molecular flexibility index (Phi) is 5.03. The molecule has 0 spiro atoms. The van der Waals surface area contributed by atoms with Crippen molar-refractivity contribution < 1.29 is 14.6 Å². The molecule has 1 saturated heterocycles. The van der Waals surface area contributed by atoms with E-state index in [0.717, 1.165) is 25.9 Å². The predicted octanol–water partition coefficient (Wildman–Crippen LogP) is 1.56. The maximum atomic E-state index is 12.8. The molecule has 2 aliphatic rings. The van der Waals surface area contributed by atoms with Gasteiger partial charge in [-0.05, 0) is 32.4 Å².